The van der Waals surface area contributed by atoms with Crippen LogP contribution in [0.3, 0.4) is 0 Å². The van der Waals surface area contributed by atoms with E-state index in [1.165, 1.54) is 0 Å². The number of fused-ring (bicyclic) bond motifs is 5. The third-order valence-electron chi connectivity index (χ3n) is 4.67. The van der Waals surface area contributed by atoms with E-state index in [1.54, 1.807) is 14.2 Å². The molecule has 0 spiro atoms. The van der Waals surface area contributed by atoms with Crippen LogP contribution in [0.25, 0.3) is 27.3 Å². The maximum Gasteiger partial charge on any atom is 0.226 e. The molecule has 1 aromatic carbocycles. The van der Waals surface area contributed by atoms with Gasteiger partial charge in [0.2, 0.25) is 11.8 Å². The summed E-state index contributed by atoms with van der Waals surface area (Å²) in [6, 6.07) is 12.5. The molecule has 0 bridgehead atoms. The van der Waals surface area contributed by atoms with Crippen molar-refractivity contribution in [2.45, 2.75) is 6.92 Å². The Bertz CT molecular complexity index is 1160. The van der Waals surface area contributed by atoms with Crippen molar-refractivity contribution in [3.63, 3.8) is 0 Å². The van der Waals surface area contributed by atoms with Gasteiger partial charge in [-0.05, 0) is 24.6 Å². The summed E-state index contributed by atoms with van der Waals surface area (Å²) in [5, 5.41) is 11.8. The van der Waals surface area contributed by atoms with Crippen LogP contribution >= 0.6 is 0 Å². The van der Waals surface area contributed by atoms with Crippen molar-refractivity contribution < 1.29 is 9.47 Å². The molecule has 0 N–H and O–H groups in total. The lowest BCUT2D eigenvalue weighted by Gasteiger charge is -2.12. The number of hydrogen-bond acceptors (Lipinski definition) is 3. The van der Waals surface area contributed by atoms with Crippen molar-refractivity contribution in [1.29, 1.82) is 5.26 Å². The second-order valence-electron chi connectivity index (χ2n) is 5.85. The first-order valence-electron chi connectivity index (χ1n) is 7.67. The SMILES string of the molecule is COc1c(C#N)c(C)cc2c3c4ccccc4n(C)c3c(OC)n12. The van der Waals surface area contributed by atoms with Crippen LogP contribution in [0.15, 0.2) is 30.3 Å². The highest BCUT2D eigenvalue weighted by atomic mass is 16.5. The molecule has 120 valence electrons. The molecule has 0 radical (unpaired) electrons. The quantitative estimate of drug-likeness (QED) is 0.565. The summed E-state index contributed by atoms with van der Waals surface area (Å²) < 4.78 is 15.3. The van der Waals surface area contributed by atoms with Gasteiger partial charge >= 0.3 is 0 Å². The van der Waals surface area contributed by atoms with Crippen molar-refractivity contribution in [3.05, 3.63) is 41.5 Å². The van der Waals surface area contributed by atoms with Crippen molar-refractivity contribution in [3.8, 4) is 17.8 Å². The molecule has 4 aromatic rings. The van der Waals surface area contributed by atoms with Gasteiger partial charge in [0.1, 0.15) is 17.1 Å². The van der Waals surface area contributed by atoms with E-state index < -0.39 is 0 Å². The maximum atomic E-state index is 9.52. The van der Waals surface area contributed by atoms with Crippen LogP contribution in [0.5, 0.6) is 11.8 Å². The van der Waals surface area contributed by atoms with Gasteiger partial charge in [-0.15, -0.1) is 0 Å². The number of aryl methyl sites for hydroxylation is 2. The van der Waals surface area contributed by atoms with Crippen LogP contribution in [0.4, 0.5) is 0 Å². The molecule has 3 heterocycles. The summed E-state index contributed by atoms with van der Waals surface area (Å²) in [4.78, 5) is 0. The van der Waals surface area contributed by atoms with Crippen molar-refractivity contribution in [2.75, 3.05) is 14.2 Å². The average molecular weight is 319 g/mol. The second-order valence-corrected chi connectivity index (χ2v) is 5.85. The van der Waals surface area contributed by atoms with Crippen molar-refractivity contribution in [2.24, 2.45) is 7.05 Å². The van der Waals surface area contributed by atoms with Gasteiger partial charge in [0.05, 0.1) is 19.7 Å². The normalized spacial score (nSPS) is 11.3. The highest BCUT2D eigenvalue weighted by Gasteiger charge is 2.24. The molecule has 4 rings (SSSR count). The van der Waals surface area contributed by atoms with Gasteiger partial charge in [-0.2, -0.15) is 5.26 Å². The predicted molar refractivity (Wildman–Crippen MR) is 93.9 cm³/mol. The summed E-state index contributed by atoms with van der Waals surface area (Å²) in [6.07, 6.45) is 0. The van der Waals surface area contributed by atoms with Crippen molar-refractivity contribution in [1.82, 2.24) is 8.97 Å². The molecule has 5 heteroatoms. The minimum absolute atomic E-state index is 0.504. The third kappa shape index (κ3) is 1.57. The number of benzene rings is 1. The lowest BCUT2D eigenvalue weighted by molar-refractivity contribution is 0.359. The fourth-order valence-corrected chi connectivity index (χ4v) is 3.64. The van der Waals surface area contributed by atoms with E-state index in [1.807, 2.05) is 36.6 Å². The Morgan fingerprint density at radius 3 is 2.42 bits per heavy atom. The second kappa shape index (κ2) is 4.93. The summed E-state index contributed by atoms with van der Waals surface area (Å²) >= 11 is 0. The minimum atomic E-state index is 0.504. The first-order chi connectivity index (χ1) is 11.6. The number of aromatic nitrogens is 2. The van der Waals surface area contributed by atoms with Gasteiger partial charge in [-0.25, -0.2) is 4.40 Å². The number of nitriles is 1. The van der Waals surface area contributed by atoms with Gasteiger partial charge in [-0.1, -0.05) is 18.2 Å². The minimum Gasteiger partial charge on any atom is -0.481 e. The molecular weight excluding hydrogens is 302 g/mol. The highest BCUT2D eigenvalue weighted by molar-refractivity contribution is 6.18. The molecule has 0 aliphatic heterocycles. The lowest BCUT2D eigenvalue weighted by Crippen LogP contribution is -2.02. The largest absolute Gasteiger partial charge is 0.481 e. The number of pyridine rings is 1. The van der Waals surface area contributed by atoms with Gasteiger partial charge in [0.15, 0.2) is 0 Å². The lowest BCUT2D eigenvalue weighted by atomic mass is 10.1. The number of rotatable bonds is 2. The topological polar surface area (TPSA) is 51.6 Å². The molecule has 24 heavy (non-hydrogen) atoms. The standard InChI is InChI=1S/C19H17N3O2/c1-11-9-15-16-12-7-5-6-8-14(12)21(2)17(16)19(24-4)22(15)18(23-3)13(11)10-20/h5-9H,1-4H3. The van der Waals surface area contributed by atoms with E-state index in [-0.39, 0.29) is 0 Å². The molecule has 0 aliphatic carbocycles. The molecule has 0 unspecified atom stereocenters. The number of para-hydroxylation sites is 1. The molecular formula is C19H17N3O2. The van der Waals surface area contributed by atoms with E-state index >= 15 is 0 Å². The molecule has 5 nitrogen and oxygen atoms in total. The fourth-order valence-electron chi connectivity index (χ4n) is 3.64. The van der Waals surface area contributed by atoms with E-state index in [0.29, 0.717) is 17.3 Å². The Kier molecular flexibility index (Phi) is 2.97. The van der Waals surface area contributed by atoms with E-state index in [4.69, 9.17) is 9.47 Å². The van der Waals surface area contributed by atoms with Crippen LogP contribution in [-0.4, -0.2) is 23.2 Å². The van der Waals surface area contributed by atoms with Crippen LogP contribution < -0.4 is 9.47 Å². The molecule has 0 amide bonds. The Hall–Kier alpha value is -3.13. The zero-order chi connectivity index (χ0) is 17.0. The van der Waals surface area contributed by atoms with Crippen LogP contribution in [0, 0.1) is 18.3 Å². The summed E-state index contributed by atoms with van der Waals surface area (Å²) in [7, 11) is 5.25. The zero-order valence-electron chi connectivity index (χ0n) is 14.0. The van der Waals surface area contributed by atoms with Crippen LogP contribution in [0.1, 0.15) is 11.1 Å². The monoisotopic (exact) mass is 319 g/mol. The van der Waals surface area contributed by atoms with Crippen LogP contribution in [-0.2, 0) is 7.05 Å². The molecule has 0 saturated heterocycles. The number of ether oxygens (including phenoxy) is 2. The first kappa shape index (κ1) is 14.5. The number of methoxy groups -OCH3 is 2. The molecule has 0 fully saturated rings. The molecule has 0 atom stereocenters. The Morgan fingerprint density at radius 1 is 1.04 bits per heavy atom. The van der Waals surface area contributed by atoms with Gasteiger partial charge in [-0.3, -0.25) is 0 Å². The summed E-state index contributed by atoms with van der Waals surface area (Å²) in [5.74, 6) is 1.18. The zero-order valence-corrected chi connectivity index (χ0v) is 14.0. The summed E-state index contributed by atoms with van der Waals surface area (Å²) in [5.41, 5.74) is 4.52. The Labute approximate surface area is 139 Å². The third-order valence-corrected chi connectivity index (χ3v) is 4.67. The number of hydrogen-bond donors (Lipinski definition) is 0. The maximum absolute atomic E-state index is 9.52. The van der Waals surface area contributed by atoms with Crippen LogP contribution in [0.2, 0.25) is 0 Å². The predicted octanol–water partition coefficient (Wildman–Crippen LogP) is 3.78. The fraction of sp³-hybridized carbons (Fsp3) is 0.211. The Morgan fingerprint density at radius 2 is 1.75 bits per heavy atom. The number of nitrogens with zero attached hydrogens (tertiary/aromatic N) is 3. The van der Waals surface area contributed by atoms with E-state index in [0.717, 1.165) is 32.9 Å². The smallest absolute Gasteiger partial charge is 0.226 e. The highest BCUT2D eigenvalue weighted by Crippen LogP contribution is 2.42. The van der Waals surface area contributed by atoms with Gasteiger partial charge in [0, 0.05) is 23.3 Å². The molecule has 3 aromatic heterocycles. The van der Waals surface area contributed by atoms with Gasteiger partial charge < -0.3 is 14.0 Å². The molecule has 0 saturated carbocycles. The van der Waals surface area contributed by atoms with Crippen molar-refractivity contribution >= 4 is 27.3 Å². The van der Waals surface area contributed by atoms with Gasteiger partial charge in [0.25, 0.3) is 0 Å². The Balaban J connectivity index is 2.38. The molecule has 0 aliphatic rings. The van der Waals surface area contributed by atoms with E-state index in [2.05, 4.69) is 22.8 Å². The van der Waals surface area contributed by atoms with E-state index in [9.17, 15) is 5.26 Å². The first-order valence-corrected chi connectivity index (χ1v) is 7.67. The summed E-state index contributed by atoms with van der Waals surface area (Å²) in [6.45, 7) is 1.93. The average Bonchev–Trinajstić information content (AvgIpc) is 3.07.